The fourth-order valence-electron chi connectivity index (χ4n) is 4.14. The predicted molar refractivity (Wildman–Crippen MR) is 120 cm³/mol. The molecule has 0 saturated carbocycles. The van der Waals surface area contributed by atoms with E-state index in [0.717, 1.165) is 33.5 Å². The minimum absolute atomic E-state index is 0.267. The number of para-hydroxylation sites is 1. The predicted octanol–water partition coefficient (Wildman–Crippen LogP) is 6.55. The van der Waals surface area contributed by atoms with Crippen molar-refractivity contribution in [3.05, 3.63) is 83.9 Å². The Morgan fingerprint density at radius 2 is 1.60 bits per heavy atom. The van der Waals surface area contributed by atoms with Gasteiger partial charge in [-0.05, 0) is 60.6 Å². The molecule has 0 spiro atoms. The van der Waals surface area contributed by atoms with E-state index in [0.29, 0.717) is 0 Å². The lowest BCUT2D eigenvalue weighted by Gasteiger charge is -2.13. The van der Waals surface area contributed by atoms with Gasteiger partial charge in [0.15, 0.2) is 0 Å². The largest absolute Gasteiger partial charge is 0.478 e. The highest BCUT2D eigenvalue weighted by molar-refractivity contribution is 5.94. The van der Waals surface area contributed by atoms with Gasteiger partial charge in [0.2, 0.25) is 0 Å². The third kappa shape index (κ3) is 3.41. The zero-order chi connectivity index (χ0) is 20.5. The van der Waals surface area contributed by atoms with E-state index in [1.54, 1.807) is 24.3 Å². The first-order valence-electron chi connectivity index (χ1n) is 10.3. The van der Waals surface area contributed by atoms with Crippen molar-refractivity contribution in [2.75, 3.05) is 0 Å². The van der Waals surface area contributed by atoms with Crippen molar-refractivity contribution < 1.29 is 9.90 Å². The van der Waals surface area contributed by atoms with Crippen LogP contribution >= 0.6 is 0 Å². The highest BCUT2D eigenvalue weighted by Crippen LogP contribution is 2.32. The Morgan fingerprint density at radius 3 is 2.30 bits per heavy atom. The first-order valence-corrected chi connectivity index (χ1v) is 10.3. The molecule has 1 aliphatic carbocycles. The van der Waals surface area contributed by atoms with E-state index >= 15 is 0 Å². The molecule has 4 aromatic rings. The van der Waals surface area contributed by atoms with E-state index in [2.05, 4.69) is 41.4 Å². The van der Waals surface area contributed by atoms with Crippen molar-refractivity contribution in [2.24, 2.45) is 0 Å². The highest BCUT2D eigenvalue weighted by atomic mass is 16.4. The molecule has 0 fully saturated rings. The van der Waals surface area contributed by atoms with Crippen molar-refractivity contribution in [3.8, 4) is 22.5 Å². The monoisotopic (exact) mass is 394 g/mol. The van der Waals surface area contributed by atoms with E-state index < -0.39 is 5.97 Å². The summed E-state index contributed by atoms with van der Waals surface area (Å²) in [7, 11) is 0. The molecule has 3 aromatic carbocycles. The third-order valence-electron chi connectivity index (χ3n) is 5.78. The van der Waals surface area contributed by atoms with E-state index in [9.17, 15) is 4.79 Å². The van der Waals surface area contributed by atoms with E-state index in [1.807, 2.05) is 12.1 Å². The number of hydrogen-bond acceptors (Lipinski definition) is 2. The number of carboxylic acid groups (broad SMARTS) is 1. The van der Waals surface area contributed by atoms with Crippen LogP contribution in [0.15, 0.2) is 72.8 Å². The van der Waals surface area contributed by atoms with Crippen molar-refractivity contribution in [1.82, 2.24) is 9.97 Å². The number of nitrogens with one attached hydrogen (secondary N) is 1. The molecular formula is C26H22N2O2. The average Bonchev–Trinajstić information content (AvgIpc) is 3.24. The highest BCUT2D eigenvalue weighted by Gasteiger charge is 2.12. The number of hydrogen-bond donors (Lipinski definition) is 2. The lowest BCUT2D eigenvalue weighted by molar-refractivity contribution is 0.0697. The van der Waals surface area contributed by atoms with Crippen LogP contribution in [0.25, 0.3) is 39.1 Å². The number of allylic oxidation sites excluding steroid dienone is 2. The minimum Gasteiger partial charge on any atom is -0.478 e. The number of H-pyrrole nitrogens is 1. The fourth-order valence-corrected chi connectivity index (χ4v) is 4.14. The van der Waals surface area contributed by atoms with Crippen LogP contribution in [0, 0.1) is 0 Å². The molecule has 1 aromatic heterocycles. The third-order valence-corrected chi connectivity index (χ3v) is 5.78. The first-order chi connectivity index (χ1) is 14.7. The summed E-state index contributed by atoms with van der Waals surface area (Å²) in [5.41, 5.74) is 8.04. The number of benzene rings is 3. The molecule has 4 nitrogen and oxygen atoms in total. The number of carboxylic acids is 1. The first kappa shape index (κ1) is 18.4. The molecule has 1 aliphatic rings. The molecule has 0 aliphatic heterocycles. The van der Waals surface area contributed by atoms with Gasteiger partial charge in [-0.1, -0.05) is 54.6 Å². The van der Waals surface area contributed by atoms with Gasteiger partial charge in [-0.15, -0.1) is 0 Å². The van der Waals surface area contributed by atoms with Crippen LogP contribution in [0.5, 0.6) is 0 Å². The number of aromatic nitrogens is 2. The van der Waals surface area contributed by atoms with Gasteiger partial charge in [-0.3, -0.25) is 0 Å². The van der Waals surface area contributed by atoms with Crippen LogP contribution in [-0.4, -0.2) is 21.0 Å². The number of nitrogens with zero attached hydrogens (tertiary/aromatic N) is 1. The Bertz CT molecular complexity index is 1250. The second kappa shape index (κ2) is 7.64. The zero-order valence-corrected chi connectivity index (χ0v) is 16.6. The Kier molecular flexibility index (Phi) is 4.68. The SMILES string of the molecule is O=C(O)c1ccc(-c2nc3cccc(-c4ccc(C5=CCCCC5)cc4)c3[nH]2)cc1. The molecule has 4 heteroatoms. The van der Waals surface area contributed by atoms with Crippen molar-refractivity contribution in [1.29, 1.82) is 0 Å². The van der Waals surface area contributed by atoms with Gasteiger partial charge >= 0.3 is 5.97 Å². The van der Waals surface area contributed by atoms with Crippen molar-refractivity contribution in [3.63, 3.8) is 0 Å². The molecule has 0 bridgehead atoms. The summed E-state index contributed by atoms with van der Waals surface area (Å²) in [5.74, 6) is -0.195. The Labute approximate surface area is 174 Å². The van der Waals surface area contributed by atoms with Crippen molar-refractivity contribution >= 4 is 22.6 Å². The molecular weight excluding hydrogens is 372 g/mol. The maximum absolute atomic E-state index is 11.1. The summed E-state index contributed by atoms with van der Waals surface area (Å²) in [6.45, 7) is 0. The van der Waals surface area contributed by atoms with Crippen molar-refractivity contribution in [2.45, 2.75) is 25.7 Å². The quantitative estimate of drug-likeness (QED) is 0.412. The van der Waals surface area contributed by atoms with E-state index in [-0.39, 0.29) is 5.56 Å². The van der Waals surface area contributed by atoms with Gasteiger partial charge in [0.05, 0.1) is 16.6 Å². The molecule has 30 heavy (non-hydrogen) atoms. The molecule has 148 valence electrons. The number of aromatic amines is 1. The summed E-state index contributed by atoms with van der Waals surface area (Å²) >= 11 is 0. The minimum atomic E-state index is -0.930. The molecule has 0 saturated heterocycles. The molecule has 0 amide bonds. The number of imidazole rings is 1. The van der Waals surface area contributed by atoms with Gasteiger partial charge in [0.1, 0.15) is 5.82 Å². The molecule has 0 unspecified atom stereocenters. The lowest BCUT2D eigenvalue weighted by atomic mass is 9.92. The van der Waals surface area contributed by atoms with Gasteiger partial charge < -0.3 is 10.1 Å². The molecule has 1 heterocycles. The second-order valence-electron chi connectivity index (χ2n) is 7.72. The van der Waals surface area contributed by atoms with Crippen LogP contribution in [0.2, 0.25) is 0 Å². The van der Waals surface area contributed by atoms with Gasteiger partial charge in [-0.25, -0.2) is 9.78 Å². The van der Waals surface area contributed by atoms with Crippen LogP contribution in [-0.2, 0) is 0 Å². The number of fused-ring (bicyclic) bond motifs is 1. The molecule has 0 atom stereocenters. The van der Waals surface area contributed by atoms with Gasteiger partial charge in [0, 0.05) is 11.1 Å². The molecule has 0 radical (unpaired) electrons. The number of aromatic carboxylic acids is 1. The summed E-state index contributed by atoms with van der Waals surface area (Å²) < 4.78 is 0. The summed E-state index contributed by atoms with van der Waals surface area (Å²) in [6, 6.07) is 21.7. The topological polar surface area (TPSA) is 66.0 Å². The van der Waals surface area contributed by atoms with Crippen LogP contribution < -0.4 is 0 Å². The maximum Gasteiger partial charge on any atom is 0.335 e. The standard InChI is InChI=1S/C26H22N2O2/c29-26(30)21-15-13-20(14-16-21)25-27-23-8-4-7-22(24(23)28-25)19-11-9-18(10-12-19)17-5-2-1-3-6-17/h4-5,7-16H,1-3,6H2,(H,27,28)(H,29,30). The van der Waals surface area contributed by atoms with E-state index in [1.165, 1.54) is 36.8 Å². The number of rotatable bonds is 4. The smallest absolute Gasteiger partial charge is 0.335 e. The van der Waals surface area contributed by atoms with Crippen LogP contribution in [0.1, 0.15) is 41.6 Å². The van der Waals surface area contributed by atoms with Crippen LogP contribution in [0.4, 0.5) is 0 Å². The Balaban J connectivity index is 1.51. The fraction of sp³-hybridized carbons (Fsp3) is 0.154. The lowest BCUT2D eigenvalue weighted by Crippen LogP contribution is -1.95. The van der Waals surface area contributed by atoms with Crippen LogP contribution in [0.3, 0.4) is 0 Å². The summed E-state index contributed by atoms with van der Waals surface area (Å²) in [4.78, 5) is 19.2. The van der Waals surface area contributed by atoms with E-state index in [4.69, 9.17) is 10.1 Å². The average molecular weight is 394 g/mol. The Morgan fingerprint density at radius 1 is 0.867 bits per heavy atom. The van der Waals surface area contributed by atoms with Gasteiger partial charge in [-0.2, -0.15) is 0 Å². The summed E-state index contributed by atoms with van der Waals surface area (Å²) in [5, 5.41) is 9.10. The number of carbonyl (C=O) groups is 1. The second-order valence-corrected chi connectivity index (χ2v) is 7.72. The molecule has 2 N–H and O–H groups in total. The zero-order valence-electron chi connectivity index (χ0n) is 16.6. The Hall–Kier alpha value is -3.66. The molecule has 5 rings (SSSR count). The summed E-state index contributed by atoms with van der Waals surface area (Å²) in [6.07, 6.45) is 7.29. The van der Waals surface area contributed by atoms with Gasteiger partial charge in [0.25, 0.3) is 0 Å². The normalized spacial score (nSPS) is 13.9. The maximum atomic E-state index is 11.1.